The van der Waals surface area contributed by atoms with E-state index in [0.717, 1.165) is 24.8 Å². The fraction of sp³-hybridized carbons (Fsp3) is 0.455. The Kier molecular flexibility index (Phi) is 2.89. The maximum Gasteiger partial charge on any atom is 0.269 e. The topological polar surface area (TPSA) is 89.4 Å². The molecule has 16 heavy (non-hydrogen) atoms. The molecule has 0 spiro atoms. The molecular weight excluding hydrogens is 208 g/mol. The van der Waals surface area contributed by atoms with Gasteiger partial charge in [0.05, 0.1) is 11.0 Å². The monoisotopic (exact) mass is 222 g/mol. The van der Waals surface area contributed by atoms with E-state index >= 15 is 0 Å². The van der Waals surface area contributed by atoms with Crippen molar-refractivity contribution in [3.63, 3.8) is 0 Å². The lowest BCUT2D eigenvalue weighted by Crippen LogP contribution is -2.27. The van der Waals surface area contributed by atoms with Crippen molar-refractivity contribution in [1.82, 2.24) is 0 Å². The maximum absolute atomic E-state index is 10.7. The molecule has 5 nitrogen and oxygen atoms in total. The fourth-order valence-electron chi connectivity index (χ4n) is 2.12. The summed E-state index contributed by atoms with van der Waals surface area (Å²) in [5.41, 5.74) is 7.38. The van der Waals surface area contributed by atoms with Gasteiger partial charge in [-0.05, 0) is 30.4 Å². The van der Waals surface area contributed by atoms with E-state index in [-0.39, 0.29) is 11.7 Å². The second kappa shape index (κ2) is 4.19. The zero-order valence-corrected chi connectivity index (χ0v) is 8.80. The van der Waals surface area contributed by atoms with Gasteiger partial charge in [-0.3, -0.25) is 10.1 Å². The van der Waals surface area contributed by atoms with Gasteiger partial charge in [0, 0.05) is 18.2 Å². The smallest absolute Gasteiger partial charge is 0.269 e. The van der Waals surface area contributed by atoms with Crippen molar-refractivity contribution in [2.24, 2.45) is 5.73 Å². The Morgan fingerprint density at radius 2 is 2.25 bits per heavy atom. The summed E-state index contributed by atoms with van der Waals surface area (Å²) in [4.78, 5) is 10.2. The highest BCUT2D eigenvalue weighted by atomic mass is 16.6. The molecule has 0 bridgehead atoms. The van der Waals surface area contributed by atoms with E-state index in [4.69, 9.17) is 5.73 Å². The lowest BCUT2D eigenvalue weighted by molar-refractivity contribution is -0.385. The van der Waals surface area contributed by atoms with Crippen molar-refractivity contribution in [3.05, 3.63) is 39.4 Å². The minimum Gasteiger partial charge on any atom is -0.387 e. The Labute approximate surface area is 93.0 Å². The van der Waals surface area contributed by atoms with Crippen molar-refractivity contribution in [3.8, 4) is 0 Å². The minimum atomic E-state index is -0.794. The highest BCUT2D eigenvalue weighted by molar-refractivity contribution is 5.42. The van der Waals surface area contributed by atoms with E-state index in [2.05, 4.69) is 0 Å². The Bertz CT molecular complexity index is 420. The van der Waals surface area contributed by atoms with Crippen LogP contribution in [-0.4, -0.2) is 16.1 Å². The van der Waals surface area contributed by atoms with Crippen LogP contribution in [0.25, 0.3) is 0 Å². The molecule has 1 aromatic carbocycles. The number of aliphatic hydroxyl groups is 1. The first-order chi connectivity index (χ1) is 7.59. The number of aryl methyl sites for hydroxylation is 1. The summed E-state index contributed by atoms with van der Waals surface area (Å²) >= 11 is 0. The van der Waals surface area contributed by atoms with E-state index in [1.54, 1.807) is 6.07 Å². The highest BCUT2D eigenvalue weighted by Gasteiger charge is 2.24. The highest BCUT2D eigenvalue weighted by Crippen LogP contribution is 2.30. The normalized spacial score (nSPS) is 24.6. The molecule has 0 radical (unpaired) electrons. The molecule has 86 valence electrons. The van der Waals surface area contributed by atoms with Crippen LogP contribution in [0.2, 0.25) is 0 Å². The van der Waals surface area contributed by atoms with Crippen molar-refractivity contribution in [2.45, 2.75) is 31.4 Å². The minimum absolute atomic E-state index is 0.00639. The summed E-state index contributed by atoms with van der Waals surface area (Å²) in [6, 6.07) is 4.30. The van der Waals surface area contributed by atoms with E-state index in [1.165, 1.54) is 12.1 Å². The van der Waals surface area contributed by atoms with Crippen LogP contribution in [0, 0.1) is 10.1 Å². The van der Waals surface area contributed by atoms with Crippen LogP contribution in [0.5, 0.6) is 0 Å². The maximum atomic E-state index is 10.7. The molecule has 0 fully saturated rings. The molecule has 0 aromatic heterocycles. The van der Waals surface area contributed by atoms with Gasteiger partial charge in [0.1, 0.15) is 0 Å². The summed E-state index contributed by atoms with van der Waals surface area (Å²) in [5, 5.41) is 20.6. The SMILES string of the molecule is N[C@H]1CCCc2ccc([N+](=O)[O-])cc2[C@H]1O. The predicted molar refractivity (Wildman–Crippen MR) is 59.0 cm³/mol. The lowest BCUT2D eigenvalue weighted by atomic mass is 9.98. The number of benzene rings is 1. The number of aliphatic hydroxyl groups excluding tert-OH is 1. The number of hydrogen-bond acceptors (Lipinski definition) is 4. The van der Waals surface area contributed by atoms with Crippen LogP contribution < -0.4 is 5.73 Å². The largest absolute Gasteiger partial charge is 0.387 e. The van der Waals surface area contributed by atoms with Crippen LogP contribution >= 0.6 is 0 Å². The van der Waals surface area contributed by atoms with E-state index in [9.17, 15) is 15.2 Å². The molecule has 0 amide bonds. The number of rotatable bonds is 1. The predicted octanol–water partition coefficient (Wildman–Crippen LogP) is 1.29. The zero-order chi connectivity index (χ0) is 11.7. The van der Waals surface area contributed by atoms with Crippen molar-refractivity contribution >= 4 is 5.69 Å². The van der Waals surface area contributed by atoms with Gasteiger partial charge < -0.3 is 10.8 Å². The number of fused-ring (bicyclic) bond motifs is 1. The summed E-state index contributed by atoms with van der Waals surface area (Å²) < 4.78 is 0. The van der Waals surface area contributed by atoms with Gasteiger partial charge in [0.25, 0.3) is 5.69 Å². The number of nitrogens with two attached hydrogens (primary N) is 1. The molecule has 0 heterocycles. The van der Waals surface area contributed by atoms with Gasteiger partial charge >= 0.3 is 0 Å². The first kappa shape index (κ1) is 11.0. The number of nitro benzene ring substituents is 1. The molecule has 1 aromatic rings. The summed E-state index contributed by atoms with van der Waals surface area (Å²) in [6.07, 6.45) is 1.67. The molecule has 1 aliphatic rings. The molecular formula is C11H14N2O3. The number of nitro groups is 1. The second-order valence-corrected chi connectivity index (χ2v) is 4.14. The first-order valence-electron chi connectivity index (χ1n) is 5.30. The van der Waals surface area contributed by atoms with Crippen LogP contribution in [0.15, 0.2) is 18.2 Å². The number of nitrogens with zero attached hydrogens (tertiary/aromatic N) is 1. The Morgan fingerprint density at radius 3 is 2.94 bits per heavy atom. The molecule has 0 unspecified atom stereocenters. The second-order valence-electron chi connectivity index (χ2n) is 4.14. The third-order valence-corrected chi connectivity index (χ3v) is 3.05. The van der Waals surface area contributed by atoms with Crippen molar-refractivity contribution in [2.75, 3.05) is 0 Å². The van der Waals surface area contributed by atoms with Crippen LogP contribution in [-0.2, 0) is 6.42 Å². The quantitative estimate of drug-likeness (QED) is 0.425. The standard InChI is InChI=1S/C11H14N2O3/c12-10-3-1-2-7-4-5-8(13(15)16)6-9(7)11(10)14/h4-6,10-11,14H,1-3,12H2/t10-,11+/m0/s1. The third-order valence-electron chi connectivity index (χ3n) is 3.05. The summed E-state index contributed by atoms with van der Waals surface area (Å²) in [5.74, 6) is 0. The summed E-state index contributed by atoms with van der Waals surface area (Å²) in [7, 11) is 0. The van der Waals surface area contributed by atoms with Crippen LogP contribution in [0.4, 0.5) is 5.69 Å². The molecule has 3 N–H and O–H groups in total. The van der Waals surface area contributed by atoms with Crippen LogP contribution in [0.3, 0.4) is 0 Å². The van der Waals surface area contributed by atoms with Gasteiger partial charge in [-0.2, -0.15) is 0 Å². The molecule has 0 saturated heterocycles. The van der Waals surface area contributed by atoms with E-state index < -0.39 is 11.0 Å². The van der Waals surface area contributed by atoms with E-state index in [1.807, 2.05) is 0 Å². The van der Waals surface area contributed by atoms with Crippen molar-refractivity contribution in [1.29, 1.82) is 0 Å². The summed E-state index contributed by atoms with van der Waals surface area (Å²) in [6.45, 7) is 0. The van der Waals surface area contributed by atoms with Gasteiger partial charge in [-0.15, -0.1) is 0 Å². The van der Waals surface area contributed by atoms with Gasteiger partial charge in [-0.25, -0.2) is 0 Å². The van der Waals surface area contributed by atoms with Gasteiger partial charge in [-0.1, -0.05) is 6.07 Å². The van der Waals surface area contributed by atoms with Gasteiger partial charge in [0.2, 0.25) is 0 Å². The number of non-ortho nitro benzene ring substituents is 1. The molecule has 2 rings (SSSR count). The Hall–Kier alpha value is -1.46. The lowest BCUT2D eigenvalue weighted by Gasteiger charge is -2.17. The van der Waals surface area contributed by atoms with E-state index in [0.29, 0.717) is 5.56 Å². The van der Waals surface area contributed by atoms with Gasteiger partial charge in [0.15, 0.2) is 0 Å². The Morgan fingerprint density at radius 1 is 1.50 bits per heavy atom. The first-order valence-corrected chi connectivity index (χ1v) is 5.30. The zero-order valence-electron chi connectivity index (χ0n) is 8.80. The average Bonchev–Trinajstić information content (AvgIpc) is 2.40. The molecule has 0 aliphatic heterocycles. The Balaban J connectivity index is 2.46. The van der Waals surface area contributed by atoms with Crippen molar-refractivity contribution < 1.29 is 10.0 Å². The molecule has 1 aliphatic carbocycles. The fourth-order valence-corrected chi connectivity index (χ4v) is 2.12. The third kappa shape index (κ3) is 1.91. The molecule has 5 heteroatoms. The molecule has 2 atom stereocenters. The average molecular weight is 222 g/mol. The van der Waals surface area contributed by atoms with Crippen LogP contribution in [0.1, 0.15) is 30.1 Å². The molecule has 0 saturated carbocycles. The number of hydrogen-bond donors (Lipinski definition) is 2.